The van der Waals surface area contributed by atoms with Crippen LogP contribution in [0, 0.1) is 0 Å². The second-order valence-corrected chi connectivity index (χ2v) is 6.42. The van der Waals surface area contributed by atoms with Gasteiger partial charge in [-0.15, -0.1) is 0 Å². The molecule has 2 atom stereocenters. The van der Waals surface area contributed by atoms with Crippen LogP contribution in [0.25, 0.3) is 10.9 Å². The first-order chi connectivity index (χ1) is 12.1. The Morgan fingerprint density at radius 1 is 1.28 bits per heavy atom. The summed E-state index contributed by atoms with van der Waals surface area (Å²) in [5.41, 5.74) is 2.36. The fraction of sp³-hybridized carbons (Fsp3) is 0.368. The quantitative estimate of drug-likeness (QED) is 0.588. The molecule has 6 heteroatoms. The number of aromatic amines is 1. The van der Waals surface area contributed by atoms with E-state index in [4.69, 9.17) is 0 Å². The fourth-order valence-electron chi connectivity index (χ4n) is 3.06. The Balaban J connectivity index is 1.44. The third-order valence-corrected chi connectivity index (χ3v) is 4.32. The number of nitrogens with zero attached hydrogens (tertiary/aromatic N) is 2. The molecule has 132 valence electrons. The summed E-state index contributed by atoms with van der Waals surface area (Å²) >= 11 is 0. The number of para-hydroxylation sites is 1. The Labute approximate surface area is 147 Å². The molecular weight excluding hydrogens is 314 g/mol. The van der Waals surface area contributed by atoms with Crippen LogP contribution in [0.2, 0.25) is 0 Å². The van der Waals surface area contributed by atoms with Gasteiger partial charge < -0.3 is 15.6 Å². The molecule has 0 bridgehead atoms. The Hall–Kier alpha value is -2.60. The van der Waals surface area contributed by atoms with E-state index in [-0.39, 0.29) is 18.0 Å². The molecule has 0 aliphatic carbocycles. The number of rotatable bonds is 8. The monoisotopic (exact) mass is 339 g/mol. The molecule has 3 aromatic rings. The minimum atomic E-state index is -0.242. The predicted octanol–water partition coefficient (Wildman–Crippen LogP) is 2.09. The van der Waals surface area contributed by atoms with Crippen LogP contribution in [0.3, 0.4) is 0 Å². The van der Waals surface area contributed by atoms with Crippen LogP contribution in [0.4, 0.5) is 0 Å². The number of carbonyl (C=O) groups is 1. The second kappa shape index (κ2) is 7.98. The molecule has 0 fully saturated rings. The van der Waals surface area contributed by atoms with Crippen molar-refractivity contribution in [2.45, 2.75) is 38.9 Å². The Morgan fingerprint density at radius 2 is 2.12 bits per heavy atom. The lowest BCUT2D eigenvalue weighted by atomic mass is 10.1. The van der Waals surface area contributed by atoms with Gasteiger partial charge in [-0.1, -0.05) is 18.2 Å². The number of carbonyl (C=O) groups excluding carboxylic acids is 1. The number of fused-ring (bicyclic) bond motifs is 1. The minimum absolute atomic E-state index is 0.0205. The molecule has 0 radical (unpaired) electrons. The zero-order valence-electron chi connectivity index (χ0n) is 14.7. The topological polar surface area (TPSA) is 74.7 Å². The van der Waals surface area contributed by atoms with Gasteiger partial charge in [0.25, 0.3) is 0 Å². The molecule has 1 amide bonds. The molecule has 0 aliphatic heterocycles. The largest absolute Gasteiger partial charge is 0.361 e. The number of amides is 1. The first-order valence-corrected chi connectivity index (χ1v) is 8.69. The van der Waals surface area contributed by atoms with Crippen molar-refractivity contribution in [3.05, 3.63) is 54.5 Å². The highest BCUT2D eigenvalue weighted by molar-refractivity contribution is 5.83. The third-order valence-electron chi connectivity index (χ3n) is 4.32. The van der Waals surface area contributed by atoms with E-state index < -0.39 is 0 Å². The maximum atomic E-state index is 12.3. The molecule has 0 unspecified atom stereocenters. The van der Waals surface area contributed by atoms with Gasteiger partial charge in [-0.3, -0.25) is 9.48 Å². The van der Waals surface area contributed by atoms with Gasteiger partial charge in [0.15, 0.2) is 0 Å². The number of benzene rings is 1. The summed E-state index contributed by atoms with van der Waals surface area (Å²) in [5.74, 6) is 0.0205. The van der Waals surface area contributed by atoms with Gasteiger partial charge in [0, 0.05) is 42.1 Å². The average molecular weight is 339 g/mol. The van der Waals surface area contributed by atoms with E-state index in [0.717, 1.165) is 18.5 Å². The van der Waals surface area contributed by atoms with Crippen LogP contribution < -0.4 is 10.6 Å². The molecule has 2 aromatic heterocycles. The van der Waals surface area contributed by atoms with Crippen molar-refractivity contribution in [1.29, 1.82) is 0 Å². The van der Waals surface area contributed by atoms with Crippen LogP contribution in [0.15, 0.2) is 48.9 Å². The van der Waals surface area contributed by atoms with Crippen molar-refractivity contribution in [2.75, 3.05) is 6.54 Å². The molecular formula is C19H25N5O. The summed E-state index contributed by atoms with van der Waals surface area (Å²) in [6.07, 6.45) is 6.51. The van der Waals surface area contributed by atoms with Crippen LogP contribution in [-0.2, 0) is 17.8 Å². The first-order valence-electron chi connectivity index (χ1n) is 8.69. The lowest BCUT2D eigenvalue weighted by Gasteiger charge is -2.19. The SMILES string of the molecule is C[C@H](Cn1cccn1)N[C@@H](C)C(=O)NCCc1c[nH]c2ccccc12. The van der Waals surface area contributed by atoms with Crippen molar-refractivity contribution < 1.29 is 4.79 Å². The molecule has 25 heavy (non-hydrogen) atoms. The van der Waals surface area contributed by atoms with Crippen molar-refractivity contribution in [3.8, 4) is 0 Å². The summed E-state index contributed by atoms with van der Waals surface area (Å²) in [5, 5.41) is 11.7. The molecule has 2 heterocycles. The van der Waals surface area contributed by atoms with Gasteiger partial charge >= 0.3 is 0 Å². The third kappa shape index (κ3) is 4.48. The Kier molecular flexibility index (Phi) is 5.50. The molecule has 1 aromatic carbocycles. The molecule has 0 saturated carbocycles. The minimum Gasteiger partial charge on any atom is -0.361 e. The van der Waals surface area contributed by atoms with Gasteiger partial charge in [-0.05, 0) is 38.0 Å². The normalized spacial score (nSPS) is 13.7. The highest BCUT2D eigenvalue weighted by atomic mass is 16.2. The fourth-order valence-corrected chi connectivity index (χ4v) is 3.06. The number of aromatic nitrogens is 3. The maximum absolute atomic E-state index is 12.3. The lowest BCUT2D eigenvalue weighted by molar-refractivity contribution is -0.122. The van der Waals surface area contributed by atoms with Crippen LogP contribution in [0.5, 0.6) is 0 Å². The van der Waals surface area contributed by atoms with Gasteiger partial charge in [-0.25, -0.2) is 0 Å². The number of H-pyrrole nitrogens is 1. The summed E-state index contributed by atoms with van der Waals surface area (Å²) in [7, 11) is 0. The maximum Gasteiger partial charge on any atom is 0.236 e. The van der Waals surface area contributed by atoms with Crippen LogP contribution in [-0.4, -0.2) is 39.3 Å². The smallest absolute Gasteiger partial charge is 0.236 e. The van der Waals surface area contributed by atoms with E-state index in [2.05, 4.69) is 39.8 Å². The van der Waals surface area contributed by atoms with Crippen LogP contribution in [0.1, 0.15) is 19.4 Å². The molecule has 0 spiro atoms. The molecule has 3 rings (SSSR count). The average Bonchev–Trinajstić information content (AvgIpc) is 3.24. The molecule has 6 nitrogen and oxygen atoms in total. The highest BCUT2D eigenvalue weighted by Crippen LogP contribution is 2.17. The van der Waals surface area contributed by atoms with Gasteiger partial charge in [0.1, 0.15) is 0 Å². The van der Waals surface area contributed by atoms with E-state index in [0.29, 0.717) is 6.54 Å². The molecule has 3 N–H and O–H groups in total. The lowest BCUT2D eigenvalue weighted by Crippen LogP contribution is -2.47. The highest BCUT2D eigenvalue weighted by Gasteiger charge is 2.15. The van der Waals surface area contributed by atoms with Crippen molar-refractivity contribution in [3.63, 3.8) is 0 Å². The number of hydrogen-bond donors (Lipinski definition) is 3. The zero-order chi connectivity index (χ0) is 17.6. The Morgan fingerprint density at radius 3 is 2.92 bits per heavy atom. The predicted molar refractivity (Wildman–Crippen MR) is 99.3 cm³/mol. The van der Waals surface area contributed by atoms with E-state index in [1.807, 2.05) is 42.2 Å². The number of hydrogen-bond acceptors (Lipinski definition) is 3. The molecule has 0 aliphatic rings. The standard InChI is InChI=1S/C19H25N5O/c1-14(13-24-11-5-9-22-24)23-15(2)19(25)20-10-8-16-12-21-18-7-4-3-6-17(16)18/h3-7,9,11-12,14-15,21,23H,8,10,13H2,1-2H3,(H,20,25)/t14-,15+/m1/s1. The van der Waals surface area contributed by atoms with E-state index >= 15 is 0 Å². The summed E-state index contributed by atoms with van der Waals surface area (Å²) in [6.45, 7) is 5.30. The zero-order valence-corrected chi connectivity index (χ0v) is 14.7. The summed E-state index contributed by atoms with van der Waals surface area (Å²) < 4.78 is 1.86. The van der Waals surface area contributed by atoms with E-state index in [1.54, 1.807) is 6.20 Å². The van der Waals surface area contributed by atoms with Gasteiger partial charge in [0.2, 0.25) is 5.91 Å². The van der Waals surface area contributed by atoms with E-state index in [1.165, 1.54) is 10.9 Å². The van der Waals surface area contributed by atoms with E-state index in [9.17, 15) is 4.79 Å². The summed E-state index contributed by atoms with van der Waals surface area (Å²) in [6, 6.07) is 10.0. The Bertz CT molecular complexity index is 808. The van der Waals surface area contributed by atoms with Crippen molar-refractivity contribution in [1.82, 2.24) is 25.4 Å². The van der Waals surface area contributed by atoms with Gasteiger partial charge in [0.05, 0.1) is 12.6 Å². The van der Waals surface area contributed by atoms with Crippen molar-refractivity contribution >= 4 is 16.8 Å². The first kappa shape index (κ1) is 17.2. The number of nitrogens with one attached hydrogen (secondary N) is 3. The van der Waals surface area contributed by atoms with Crippen LogP contribution >= 0.6 is 0 Å². The van der Waals surface area contributed by atoms with Crippen molar-refractivity contribution in [2.24, 2.45) is 0 Å². The van der Waals surface area contributed by atoms with Gasteiger partial charge in [-0.2, -0.15) is 5.10 Å². The summed E-state index contributed by atoms with van der Waals surface area (Å²) in [4.78, 5) is 15.5. The molecule has 0 saturated heterocycles. The second-order valence-electron chi connectivity index (χ2n) is 6.42.